The smallest absolute Gasteiger partial charge is 0.191 e. The van der Waals surface area contributed by atoms with Crippen molar-refractivity contribution in [3.8, 4) is 0 Å². The van der Waals surface area contributed by atoms with Crippen molar-refractivity contribution in [1.29, 1.82) is 0 Å². The lowest BCUT2D eigenvalue weighted by atomic mass is 9.96. The summed E-state index contributed by atoms with van der Waals surface area (Å²) in [4.78, 5) is 7.45. The van der Waals surface area contributed by atoms with Crippen LogP contribution >= 0.6 is 0 Å². The summed E-state index contributed by atoms with van der Waals surface area (Å²) in [6.07, 6.45) is 9.92. The predicted octanol–water partition coefficient (Wildman–Crippen LogP) is 2.68. The molecule has 0 amide bonds. The molecule has 4 unspecified atom stereocenters. The maximum absolute atomic E-state index is 5.98. The highest BCUT2D eigenvalue weighted by atomic mass is 16.5. The maximum atomic E-state index is 5.98. The van der Waals surface area contributed by atoms with E-state index in [4.69, 9.17) is 14.1 Å². The van der Waals surface area contributed by atoms with Crippen molar-refractivity contribution in [2.24, 2.45) is 4.99 Å². The molecular formula is C20H32N4O2. The first kappa shape index (κ1) is 17.9. The van der Waals surface area contributed by atoms with E-state index in [-0.39, 0.29) is 6.04 Å². The Morgan fingerprint density at radius 2 is 2.19 bits per heavy atom. The van der Waals surface area contributed by atoms with Gasteiger partial charge in [0.15, 0.2) is 5.96 Å². The van der Waals surface area contributed by atoms with Crippen molar-refractivity contribution in [2.45, 2.75) is 69.7 Å². The zero-order valence-corrected chi connectivity index (χ0v) is 15.8. The van der Waals surface area contributed by atoms with Crippen molar-refractivity contribution in [1.82, 2.24) is 15.5 Å². The molecule has 6 heteroatoms. The van der Waals surface area contributed by atoms with Crippen LogP contribution in [0, 0.1) is 0 Å². The van der Waals surface area contributed by atoms with E-state index in [0.29, 0.717) is 24.8 Å². The van der Waals surface area contributed by atoms with E-state index in [1.165, 1.54) is 32.1 Å². The van der Waals surface area contributed by atoms with Gasteiger partial charge in [-0.15, -0.1) is 0 Å². The highest BCUT2D eigenvalue weighted by Crippen LogP contribution is 2.34. The van der Waals surface area contributed by atoms with Crippen LogP contribution in [0.25, 0.3) is 0 Å². The first-order chi connectivity index (χ1) is 12.8. The molecule has 6 nitrogen and oxygen atoms in total. The van der Waals surface area contributed by atoms with Gasteiger partial charge in [-0.3, -0.25) is 9.89 Å². The average molecular weight is 361 g/mol. The third-order valence-electron chi connectivity index (χ3n) is 5.90. The number of hydrogen-bond donors (Lipinski definition) is 2. The van der Waals surface area contributed by atoms with Crippen LogP contribution in [0.5, 0.6) is 0 Å². The zero-order chi connectivity index (χ0) is 17.8. The Morgan fingerprint density at radius 1 is 1.31 bits per heavy atom. The minimum absolute atomic E-state index is 0.219. The molecule has 4 atom stereocenters. The van der Waals surface area contributed by atoms with Crippen molar-refractivity contribution in [2.75, 3.05) is 26.2 Å². The van der Waals surface area contributed by atoms with Gasteiger partial charge in [-0.1, -0.05) is 6.42 Å². The third-order valence-corrected chi connectivity index (χ3v) is 5.90. The molecule has 0 radical (unpaired) electrons. The molecule has 26 heavy (non-hydrogen) atoms. The number of ether oxygens (including phenoxy) is 1. The molecule has 0 saturated carbocycles. The van der Waals surface area contributed by atoms with Crippen LogP contribution in [0.1, 0.15) is 57.3 Å². The number of aliphatic imine (C=N–C) groups is 1. The molecule has 3 aliphatic heterocycles. The van der Waals surface area contributed by atoms with Gasteiger partial charge in [0, 0.05) is 6.54 Å². The molecular weight excluding hydrogens is 328 g/mol. The second-order valence-electron chi connectivity index (χ2n) is 7.71. The second kappa shape index (κ2) is 8.44. The van der Waals surface area contributed by atoms with Crippen molar-refractivity contribution >= 4 is 5.96 Å². The van der Waals surface area contributed by atoms with E-state index in [1.54, 1.807) is 6.26 Å². The molecule has 4 heterocycles. The van der Waals surface area contributed by atoms with E-state index in [2.05, 4.69) is 28.5 Å². The van der Waals surface area contributed by atoms with Crippen LogP contribution in [0.3, 0.4) is 0 Å². The highest BCUT2D eigenvalue weighted by Gasteiger charge is 2.41. The molecule has 0 spiro atoms. The lowest BCUT2D eigenvalue weighted by Gasteiger charge is -2.32. The Morgan fingerprint density at radius 3 is 2.85 bits per heavy atom. The van der Waals surface area contributed by atoms with Crippen LogP contribution in [-0.2, 0) is 4.74 Å². The Labute approximate surface area is 156 Å². The topological polar surface area (TPSA) is 62.0 Å². The van der Waals surface area contributed by atoms with Crippen LogP contribution in [0.2, 0.25) is 0 Å². The summed E-state index contributed by atoms with van der Waals surface area (Å²) in [5.74, 6) is 1.93. The van der Waals surface area contributed by atoms with Crippen molar-refractivity contribution < 1.29 is 9.15 Å². The van der Waals surface area contributed by atoms with Gasteiger partial charge >= 0.3 is 0 Å². The zero-order valence-electron chi connectivity index (χ0n) is 15.8. The molecule has 3 fully saturated rings. The number of furan rings is 1. The van der Waals surface area contributed by atoms with Gasteiger partial charge in [-0.05, 0) is 64.3 Å². The normalized spacial score (nSPS) is 30.5. The molecule has 3 saturated heterocycles. The Balaban J connectivity index is 1.43. The van der Waals surface area contributed by atoms with Gasteiger partial charge in [0.1, 0.15) is 5.76 Å². The number of nitrogens with zero attached hydrogens (tertiary/aromatic N) is 2. The van der Waals surface area contributed by atoms with Gasteiger partial charge < -0.3 is 19.8 Å². The number of likely N-dealkylation sites (tertiary alicyclic amines) is 1. The van der Waals surface area contributed by atoms with E-state index < -0.39 is 0 Å². The summed E-state index contributed by atoms with van der Waals surface area (Å²) in [7, 11) is 0. The molecule has 144 valence electrons. The van der Waals surface area contributed by atoms with Gasteiger partial charge in [0.25, 0.3) is 0 Å². The average Bonchev–Trinajstić information content (AvgIpc) is 3.41. The molecule has 2 N–H and O–H groups in total. The minimum atomic E-state index is 0.219. The van der Waals surface area contributed by atoms with Gasteiger partial charge in [-0.2, -0.15) is 0 Å². The van der Waals surface area contributed by atoms with Crippen LogP contribution < -0.4 is 10.6 Å². The fraction of sp³-hybridized carbons (Fsp3) is 0.750. The van der Waals surface area contributed by atoms with Crippen molar-refractivity contribution in [3.05, 3.63) is 24.2 Å². The number of nitrogens with one attached hydrogen (secondary N) is 2. The molecule has 4 rings (SSSR count). The molecule has 1 aromatic heterocycles. The highest BCUT2D eigenvalue weighted by molar-refractivity contribution is 5.80. The monoisotopic (exact) mass is 360 g/mol. The van der Waals surface area contributed by atoms with Gasteiger partial charge in [-0.25, -0.2) is 0 Å². The minimum Gasteiger partial charge on any atom is -0.468 e. The fourth-order valence-corrected chi connectivity index (χ4v) is 4.56. The van der Waals surface area contributed by atoms with Crippen LogP contribution in [-0.4, -0.2) is 55.3 Å². The number of piperidine rings is 1. The summed E-state index contributed by atoms with van der Waals surface area (Å²) in [5, 5.41) is 7.02. The van der Waals surface area contributed by atoms with E-state index in [1.807, 2.05) is 6.07 Å². The summed E-state index contributed by atoms with van der Waals surface area (Å²) >= 11 is 0. The van der Waals surface area contributed by atoms with Gasteiger partial charge in [0.05, 0.1) is 37.1 Å². The van der Waals surface area contributed by atoms with Crippen LogP contribution in [0.15, 0.2) is 27.8 Å². The van der Waals surface area contributed by atoms with E-state index in [9.17, 15) is 0 Å². The third kappa shape index (κ3) is 4.07. The SMILES string of the molecule is CCNC(=NCC(c1ccco1)N1CCCCC1)NC1CC2CCC1O2. The molecule has 0 aromatic carbocycles. The summed E-state index contributed by atoms with van der Waals surface area (Å²) in [5.41, 5.74) is 0. The Bertz CT molecular complexity index is 583. The lowest BCUT2D eigenvalue weighted by Crippen LogP contribution is -2.47. The summed E-state index contributed by atoms with van der Waals surface area (Å²) in [6, 6.07) is 4.67. The summed E-state index contributed by atoms with van der Waals surface area (Å²) < 4.78 is 11.7. The van der Waals surface area contributed by atoms with E-state index in [0.717, 1.165) is 37.8 Å². The lowest BCUT2D eigenvalue weighted by molar-refractivity contribution is 0.0992. The van der Waals surface area contributed by atoms with Gasteiger partial charge in [0.2, 0.25) is 0 Å². The predicted molar refractivity (Wildman–Crippen MR) is 102 cm³/mol. The fourth-order valence-electron chi connectivity index (χ4n) is 4.56. The molecule has 3 aliphatic rings. The standard InChI is InChI=1S/C20H32N4O2/c1-2-21-20(23-16-13-15-8-9-18(16)26-15)22-14-17(19-7-6-12-25-19)24-10-4-3-5-11-24/h6-7,12,15-18H,2-5,8-11,13-14H2,1H3,(H2,21,22,23). The van der Waals surface area contributed by atoms with Crippen molar-refractivity contribution in [3.63, 3.8) is 0 Å². The molecule has 2 bridgehead atoms. The largest absolute Gasteiger partial charge is 0.468 e. The first-order valence-electron chi connectivity index (χ1n) is 10.3. The number of rotatable bonds is 6. The second-order valence-corrected chi connectivity index (χ2v) is 7.71. The Kier molecular flexibility index (Phi) is 5.80. The maximum Gasteiger partial charge on any atom is 0.191 e. The quantitative estimate of drug-likeness (QED) is 0.603. The first-order valence-corrected chi connectivity index (χ1v) is 10.3. The summed E-state index contributed by atoms with van der Waals surface area (Å²) in [6.45, 7) is 5.95. The number of guanidine groups is 1. The van der Waals surface area contributed by atoms with E-state index >= 15 is 0 Å². The molecule has 1 aromatic rings. The number of hydrogen-bond acceptors (Lipinski definition) is 4. The Hall–Kier alpha value is -1.53. The number of fused-ring (bicyclic) bond motifs is 2. The molecule has 0 aliphatic carbocycles. The van der Waals surface area contributed by atoms with Crippen LogP contribution in [0.4, 0.5) is 0 Å².